The third kappa shape index (κ3) is 3.89. The van der Waals surface area contributed by atoms with Gasteiger partial charge >= 0.3 is 0 Å². The van der Waals surface area contributed by atoms with Crippen LogP contribution in [-0.4, -0.2) is 32.8 Å². The Balaban J connectivity index is 2.13. The summed E-state index contributed by atoms with van der Waals surface area (Å²) in [7, 11) is 1.77. The summed E-state index contributed by atoms with van der Waals surface area (Å²) in [4.78, 5) is 2.51. The maximum absolute atomic E-state index is 5.35. The van der Waals surface area contributed by atoms with Crippen molar-refractivity contribution in [1.29, 1.82) is 0 Å². The van der Waals surface area contributed by atoms with Crippen LogP contribution in [0.5, 0.6) is 0 Å². The number of piperidine rings is 1. The third-order valence-corrected chi connectivity index (χ3v) is 4.09. The quantitative estimate of drug-likeness (QED) is 0.856. The Morgan fingerprint density at radius 2 is 1.85 bits per heavy atom. The Morgan fingerprint density at radius 1 is 1.15 bits per heavy atom. The first-order valence-corrected chi connectivity index (χ1v) is 7.82. The highest BCUT2D eigenvalue weighted by molar-refractivity contribution is 5.70. The molecule has 1 aromatic carbocycles. The summed E-state index contributed by atoms with van der Waals surface area (Å²) in [6.07, 6.45) is 3.98. The largest absolute Gasteiger partial charge is 0.383 e. The van der Waals surface area contributed by atoms with Crippen LogP contribution in [0.1, 0.15) is 33.1 Å². The Labute approximate surface area is 123 Å². The molecule has 0 aromatic heterocycles. The van der Waals surface area contributed by atoms with Gasteiger partial charge in [0.2, 0.25) is 0 Å². The molecule has 1 aromatic rings. The van der Waals surface area contributed by atoms with Gasteiger partial charge in [0.05, 0.1) is 24.0 Å². The van der Waals surface area contributed by atoms with E-state index in [1.807, 2.05) is 0 Å². The maximum atomic E-state index is 5.35. The van der Waals surface area contributed by atoms with Crippen molar-refractivity contribution in [1.82, 2.24) is 0 Å². The SMILES string of the molecule is COCC(Nc1ccccc1N1CCCCC1)C(C)C. The molecule has 2 rings (SSSR count). The van der Waals surface area contributed by atoms with Gasteiger partial charge in [0.1, 0.15) is 0 Å². The number of rotatable bonds is 6. The molecular formula is C17H28N2O. The van der Waals surface area contributed by atoms with Crippen LogP contribution in [0.4, 0.5) is 11.4 Å². The third-order valence-electron chi connectivity index (χ3n) is 4.09. The molecule has 1 unspecified atom stereocenters. The zero-order valence-electron chi connectivity index (χ0n) is 13.1. The molecule has 20 heavy (non-hydrogen) atoms. The summed E-state index contributed by atoms with van der Waals surface area (Å²) >= 11 is 0. The van der Waals surface area contributed by atoms with Gasteiger partial charge in [-0.25, -0.2) is 0 Å². The van der Waals surface area contributed by atoms with E-state index < -0.39 is 0 Å². The summed E-state index contributed by atoms with van der Waals surface area (Å²) in [5.74, 6) is 0.546. The second-order valence-electron chi connectivity index (χ2n) is 6.02. The molecule has 1 fully saturated rings. The molecule has 3 heteroatoms. The van der Waals surface area contributed by atoms with E-state index in [2.05, 4.69) is 48.3 Å². The first-order valence-electron chi connectivity index (χ1n) is 7.82. The van der Waals surface area contributed by atoms with Crippen molar-refractivity contribution in [3.8, 4) is 0 Å². The van der Waals surface area contributed by atoms with E-state index in [1.54, 1.807) is 7.11 Å². The van der Waals surface area contributed by atoms with Gasteiger partial charge in [-0.05, 0) is 37.3 Å². The van der Waals surface area contributed by atoms with Crippen molar-refractivity contribution in [3.05, 3.63) is 24.3 Å². The van der Waals surface area contributed by atoms with E-state index in [0.717, 1.165) is 6.61 Å². The van der Waals surface area contributed by atoms with E-state index >= 15 is 0 Å². The average molecular weight is 276 g/mol. The molecule has 1 aliphatic rings. The van der Waals surface area contributed by atoms with Gasteiger partial charge in [-0.2, -0.15) is 0 Å². The molecule has 1 N–H and O–H groups in total. The second kappa shape index (κ2) is 7.53. The van der Waals surface area contributed by atoms with Crippen molar-refractivity contribution in [2.45, 2.75) is 39.2 Å². The normalized spacial score (nSPS) is 17.3. The zero-order chi connectivity index (χ0) is 14.4. The number of nitrogens with one attached hydrogen (secondary N) is 1. The molecule has 0 radical (unpaired) electrons. The summed E-state index contributed by atoms with van der Waals surface area (Å²) in [6, 6.07) is 9.02. The number of benzene rings is 1. The predicted molar refractivity (Wildman–Crippen MR) is 86.6 cm³/mol. The van der Waals surface area contributed by atoms with E-state index in [0.29, 0.717) is 12.0 Å². The van der Waals surface area contributed by atoms with Gasteiger partial charge in [-0.1, -0.05) is 26.0 Å². The predicted octanol–water partition coefficient (Wildman–Crippen LogP) is 3.76. The van der Waals surface area contributed by atoms with Crippen LogP contribution in [0.2, 0.25) is 0 Å². The summed E-state index contributed by atoms with van der Waals surface area (Å²) < 4.78 is 5.35. The fraction of sp³-hybridized carbons (Fsp3) is 0.647. The van der Waals surface area contributed by atoms with E-state index in [1.165, 1.54) is 43.7 Å². The number of hydrogen-bond donors (Lipinski definition) is 1. The zero-order valence-corrected chi connectivity index (χ0v) is 13.1. The van der Waals surface area contributed by atoms with Crippen LogP contribution in [0.15, 0.2) is 24.3 Å². The molecule has 1 aliphatic heterocycles. The fourth-order valence-electron chi connectivity index (χ4n) is 2.79. The Bertz CT molecular complexity index is 400. The van der Waals surface area contributed by atoms with Crippen LogP contribution < -0.4 is 10.2 Å². The molecule has 0 spiro atoms. The number of para-hydroxylation sites is 2. The fourth-order valence-corrected chi connectivity index (χ4v) is 2.79. The maximum Gasteiger partial charge on any atom is 0.0666 e. The monoisotopic (exact) mass is 276 g/mol. The van der Waals surface area contributed by atoms with Gasteiger partial charge in [0.25, 0.3) is 0 Å². The molecule has 3 nitrogen and oxygen atoms in total. The molecule has 1 saturated heterocycles. The lowest BCUT2D eigenvalue weighted by Crippen LogP contribution is -2.33. The first-order chi connectivity index (χ1) is 9.72. The molecule has 0 bridgehead atoms. The first kappa shape index (κ1) is 15.2. The topological polar surface area (TPSA) is 24.5 Å². The number of hydrogen-bond acceptors (Lipinski definition) is 3. The van der Waals surface area contributed by atoms with Gasteiger partial charge in [-0.3, -0.25) is 0 Å². The highest BCUT2D eigenvalue weighted by Crippen LogP contribution is 2.29. The Kier molecular flexibility index (Phi) is 5.72. The van der Waals surface area contributed by atoms with Crippen LogP contribution in [-0.2, 0) is 4.74 Å². The minimum absolute atomic E-state index is 0.353. The highest BCUT2D eigenvalue weighted by atomic mass is 16.5. The standard InChI is InChI=1S/C17H28N2O/c1-14(2)16(13-20-3)18-15-9-5-6-10-17(15)19-11-7-4-8-12-19/h5-6,9-10,14,16,18H,4,7-8,11-13H2,1-3H3. The molecule has 0 aliphatic carbocycles. The van der Waals surface area contributed by atoms with Crippen LogP contribution in [0.3, 0.4) is 0 Å². The lowest BCUT2D eigenvalue weighted by Gasteiger charge is -2.32. The number of anilines is 2. The van der Waals surface area contributed by atoms with Crippen LogP contribution in [0.25, 0.3) is 0 Å². The van der Waals surface area contributed by atoms with Crippen molar-refractivity contribution in [2.75, 3.05) is 37.0 Å². The van der Waals surface area contributed by atoms with Gasteiger partial charge in [0.15, 0.2) is 0 Å². The summed E-state index contributed by atoms with van der Waals surface area (Å²) in [5.41, 5.74) is 2.58. The number of ether oxygens (including phenoxy) is 1. The molecule has 1 heterocycles. The lowest BCUT2D eigenvalue weighted by molar-refractivity contribution is 0.171. The van der Waals surface area contributed by atoms with Crippen molar-refractivity contribution in [3.63, 3.8) is 0 Å². The highest BCUT2D eigenvalue weighted by Gasteiger charge is 2.18. The molecule has 112 valence electrons. The molecular weight excluding hydrogens is 248 g/mol. The van der Waals surface area contributed by atoms with Crippen LogP contribution in [0, 0.1) is 5.92 Å². The van der Waals surface area contributed by atoms with E-state index in [4.69, 9.17) is 4.74 Å². The Morgan fingerprint density at radius 3 is 2.50 bits per heavy atom. The van der Waals surface area contributed by atoms with Crippen molar-refractivity contribution in [2.24, 2.45) is 5.92 Å². The molecule has 1 atom stereocenters. The average Bonchev–Trinajstić information content (AvgIpc) is 2.48. The smallest absolute Gasteiger partial charge is 0.0666 e. The molecule has 0 amide bonds. The van der Waals surface area contributed by atoms with Crippen LogP contribution >= 0.6 is 0 Å². The summed E-state index contributed by atoms with van der Waals surface area (Å²) in [6.45, 7) is 7.57. The lowest BCUT2D eigenvalue weighted by atomic mass is 10.0. The van der Waals surface area contributed by atoms with Gasteiger partial charge in [0, 0.05) is 20.2 Å². The van der Waals surface area contributed by atoms with Gasteiger partial charge < -0.3 is 15.0 Å². The van der Waals surface area contributed by atoms with Crippen molar-refractivity contribution >= 4 is 11.4 Å². The molecule has 0 saturated carbocycles. The Hall–Kier alpha value is -1.22. The van der Waals surface area contributed by atoms with E-state index in [9.17, 15) is 0 Å². The summed E-state index contributed by atoms with van der Waals surface area (Å²) in [5, 5.41) is 3.68. The minimum atomic E-state index is 0.353. The second-order valence-corrected chi connectivity index (χ2v) is 6.02. The van der Waals surface area contributed by atoms with E-state index in [-0.39, 0.29) is 0 Å². The number of methoxy groups -OCH3 is 1. The van der Waals surface area contributed by atoms with Crippen molar-refractivity contribution < 1.29 is 4.74 Å². The van der Waals surface area contributed by atoms with Gasteiger partial charge in [-0.15, -0.1) is 0 Å². The minimum Gasteiger partial charge on any atom is -0.383 e. The number of nitrogens with zero attached hydrogens (tertiary/aromatic N) is 1.